The lowest BCUT2D eigenvalue weighted by molar-refractivity contribution is -0.139. The Bertz CT molecular complexity index is 616. The zero-order valence-electron chi connectivity index (χ0n) is 17.5. The van der Waals surface area contributed by atoms with Gasteiger partial charge in [0.05, 0.1) is 12.7 Å². The molecule has 3 aliphatic rings. The maximum Gasteiger partial charge on any atom is 0.302 e. The molecule has 0 bridgehead atoms. The minimum Gasteiger partial charge on any atom is -0.462 e. The van der Waals surface area contributed by atoms with Crippen LogP contribution in [0.25, 0.3) is 0 Å². The average molecular weight is 381 g/mol. The Morgan fingerprint density at radius 3 is 2.67 bits per heavy atom. The molecule has 2 saturated carbocycles. The van der Waals surface area contributed by atoms with Crippen LogP contribution in [0.1, 0.15) is 66.7 Å². The van der Waals surface area contributed by atoms with Gasteiger partial charge in [-0.05, 0) is 67.9 Å². The third-order valence-electron chi connectivity index (χ3n) is 8.45. The van der Waals surface area contributed by atoms with Crippen molar-refractivity contribution >= 4 is 5.97 Å². The molecule has 0 spiro atoms. The zero-order valence-corrected chi connectivity index (χ0v) is 17.5. The number of carbonyl (C=O) groups is 1. The van der Waals surface area contributed by atoms with Crippen molar-refractivity contribution in [3.63, 3.8) is 0 Å². The number of aliphatic hydroxyl groups is 2. The molecule has 3 rings (SSSR count). The quantitative estimate of drug-likeness (QED) is 0.420. The molecule has 1 saturated heterocycles. The number of ether oxygens (including phenoxy) is 2. The minimum absolute atomic E-state index is 0.00645. The maximum atomic E-state index is 11.0. The molecule has 27 heavy (non-hydrogen) atoms. The lowest BCUT2D eigenvalue weighted by atomic mass is 9.44. The molecule has 0 aromatic rings. The molecule has 0 aromatic carbocycles. The smallest absolute Gasteiger partial charge is 0.302 e. The van der Waals surface area contributed by atoms with Gasteiger partial charge in [-0.1, -0.05) is 20.8 Å². The maximum absolute atomic E-state index is 11.0. The zero-order chi connectivity index (χ0) is 20.0. The van der Waals surface area contributed by atoms with E-state index in [-0.39, 0.29) is 47.8 Å². The molecule has 2 aliphatic carbocycles. The van der Waals surface area contributed by atoms with E-state index < -0.39 is 0 Å². The van der Waals surface area contributed by atoms with Crippen LogP contribution >= 0.6 is 0 Å². The van der Waals surface area contributed by atoms with Gasteiger partial charge >= 0.3 is 5.97 Å². The van der Waals surface area contributed by atoms with Crippen LogP contribution in [0.3, 0.4) is 0 Å². The van der Waals surface area contributed by atoms with Gasteiger partial charge in [0, 0.05) is 12.3 Å². The van der Waals surface area contributed by atoms with Gasteiger partial charge in [0.15, 0.2) is 0 Å². The highest BCUT2D eigenvalue weighted by Gasteiger charge is 2.74. The number of fused-ring (bicyclic) bond motifs is 3. The van der Waals surface area contributed by atoms with Gasteiger partial charge in [0.25, 0.3) is 0 Å². The molecule has 3 fully saturated rings. The molecule has 7 unspecified atom stereocenters. The van der Waals surface area contributed by atoms with Crippen molar-refractivity contribution in [2.24, 2.45) is 22.7 Å². The third-order valence-corrected chi connectivity index (χ3v) is 8.45. The first-order chi connectivity index (χ1) is 12.6. The van der Waals surface area contributed by atoms with Crippen LogP contribution in [0.5, 0.6) is 0 Å². The van der Waals surface area contributed by atoms with Crippen molar-refractivity contribution in [2.75, 3.05) is 13.2 Å². The van der Waals surface area contributed by atoms with E-state index >= 15 is 0 Å². The van der Waals surface area contributed by atoms with Crippen molar-refractivity contribution < 1.29 is 24.5 Å². The summed E-state index contributed by atoms with van der Waals surface area (Å²) < 4.78 is 11.0. The molecule has 1 heterocycles. The highest BCUT2D eigenvalue weighted by atomic mass is 16.6. The Balaban J connectivity index is 1.77. The third kappa shape index (κ3) is 3.36. The summed E-state index contributed by atoms with van der Waals surface area (Å²) in [6.45, 7) is 10.8. The van der Waals surface area contributed by atoms with Gasteiger partial charge in [0.2, 0.25) is 0 Å². The Hall–Kier alpha value is -0.910. The van der Waals surface area contributed by atoms with E-state index in [0.717, 1.165) is 37.7 Å². The van der Waals surface area contributed by atoms with E-state index in [2.05, 4.69) is 27.7 Å². The molecule has 154 valence electrons. The molecule has 0 radical (unpaired) electrons. The average Bonchev–Trinajstić information content (AvgIpc) is 3.32. The van der Waals surface area contributed by atoms with Crippen LogP contribution < -0.4 is 0 Å². The second-order valence-electron chi connectivity index (χ2n) is 9.69. The highest BCUT2D eigenvalue weighted by molar-refractivity contribution is 5.66. The van der Waals surface area contributed by atoms with Crippen molar-refractivity contribution in [2.45, 2.75) is 84.5 Å². The van der Waals surface area contributed by atoms with Crippen molar-refractivity contribution in [1.29, 1.82) is 0 Å². The van der Waals surface area contributed by atoms with Crippen molar-refractivity contribution in [1.82, 2.24) is 0 Å². The normalized spacial score (nSPS) is 46.4. The first-order valence-corrected chi connectivity index (χ1v) is 10.4. The Kier molecular flexibility index (Phi) is 5.52. The lowest BCUT2D eigenvalue weighted by Crippen LogP contribution is -2.58. The Morgan fingerprint density at radius 1 is 1.33 bits per heavy atom. The van der Waals surface area contributed by atoms with Crippen LogP contribution in [0.2, 0.25) is 0 Å². The number of hydrogen-bond acceptors (Lipinski definition) is 5. The summed E-state index contributed by atoms with van der Waals surface area (Å²) >= 11 is 0. The molecule has 5 nitrogen and oxygen atoms in total. The van der Waals surface area contributed by atoms with Crippen LogP contribution in [-0.2, 0) is 14.3 Å². The van der Waals surface area contributed by atoms with Crippen LogP contribution in [-0.4, -0.2) is 47.2 Å². The summed E-state index contributed by atoms with van der Waals surface area (Å²) in [6.07, 6.45) is 6.27. The summed E-state index contributed by atoms with van der Waals surface area (Å²) in [5, 5.41) is 20.3. The van der Waals surface area contributed by atoms with Crippen LogP contribution in [0, 0.1) is 22.7 Å². The molecule has 0 amide bonds. The number of esters is 1. The van der Waals surface area contributed by atoms with E-state index in [1.54, 1.807) is 0 Å². The summed E-state index contributed by atoms with van der Waals surface area (Å²) in [7, 11) is 0. The lowest BCUT2D eigenvalue weighted by Gasteiger charge is -2.59. The molecule has 2 N–H and O–H groups in total. The molecule has 1 aliphatic heterocycles. The SMILES string of the molecule is CC(=O)OCC=C(CO)CCC1(C)C(C)CCC2(C)C1CC(O)C1OC12C. The number of rotatable bonds is 6. The largest absolute Gasteiger partial charge is 0.462 e. The molecular weight excluding hydrogens is 344 g/mol. The summed E-state index contributed by atoms with van der Waals surface area (Å²) in [5.41, 5.74) is 0.865. The van der Waals surface area contributed by atoms with E-state index in [1.165, 1.54) is 6.92 Å². The molecule has 7 atom stereocenters. The fourth-order valence-electron chi connectivity index (χ4n) is 6.09. The topological polar surface area (TPSA) is 79.3 Å². The second-order valence-corrected chi connectivity index (χ2v) is 9.69. The van der Waals surface area contributed by atoms with Gasteiger partial charge in [-0.3, -0.25) is 4.79 Å². The summed E-state index contributed by atoms with van der Waals surface area (Å²) in [4.78, 5) is 11.0. The van der Waals surface area contributed by atoms with Crippen molar-refractivity contribution in [3.8, 4) is 0 Å². The van der Waals surface area contributed by atoms with Crippen LogP contribution in [0.4, 0.5) is 0 Å². The van der Waals surface area contributed by atoms with Gasteiger partial charge in [0.1, 0.15) is 18.3 Å². The highest BCUT2D eigenvalue weighted by Crippen LogP contribution is 2.70. The predicted octanol–water partition coefficient (Wildman–Crippen LogP) is 3.23. The molecule has 5 heteroatoms. The number of aliphatic hydroxyl groups excluding tert-OH is 2. The van der Waals surface area contributed by atoms with E-state index in [0.29, 0.717) is 11.8 Å². The second kappa shape index (κ2) is 7.16. The fraction of sp³-hybridized carbons (Fsp3) is 0.864. The predicted molar refractivity (Wildman–Crippen MR) is 103 cm³/mol. The monoisotopic (exact) mass is 380 g/mol. The standard InChI is InChI=1S/C22H36O5/c1-14-6-10-21(4)18(12-17(25)19-22(21,5)27-19)20(14,3)9-7-16(13-23)8-11-26-15(2)24/h8,14,17-19,23,25H,6-7,9-13H2,1-5H3. The summed E-state index contributed by atoms with van der Waals surface area (Å²) in [5.74, 6) is 0.631. The van der Waals surface area contributed by atoms with Gasteiger partial charge in [-0.25, -0.2) is 0 Å². The van der Waals surface area contributed by atoms with E-state index in [4.69, 9.17) is 9.47 Å². The summed E-state index contributed by atoms with van der Waals surface area (Å²) in [6, 6.07) is 0. The first kappa shape index (κ1) is 20.8. The van der Waals surface area contributed by atoms with Crippen LogP contribution in [0.15, 0.2) is 11.6 Å². The Morgan fingerprint density at radius 2 is 2.04 bits per heavy atom. The van der Waals surface area contributed by atoms with E-state index in [1.807, 2.05) is 6.08 Å². The van der Waals surface area contributed by atoms with Crippen molar-refractivity contribution in [3.05, 3.63) is 11.6 Å². The fourth-order valence-corrected chi connectivity index (χ4v) is 6.09. The Labute approximate surface area is 163 Å². The van der Waals surface area contributed by atoms with Gasteiger partial charge in [-0.2, -0.15) is 0 Å². The van der Waals surface area contributed by atoms with E-state index in [9.17, 15) is 15.0 Å². The number of epoxide rings is 1. The number of hydrogen-bond donors (Lipinski definition) is 2. The van der Waals surface area contributed by atoms with Gasteiger partial charge in [-0.15, -0.1) is 0 Å². The van der Waals surface area contributed by atoms with Gasteiger partial charge < -0.3 is 19.7 Å². The molecule has 0 aromatic heterocycles. The minimum atomic E-state index is -0.380. The first-order valence-electron chi connectivity index (χ1n) is 10.4. The number of carbonyl (C=O) groups excluding carboxylic acids is 1. The molecular formula is C22H36O5.